The van der Waals surface area contributed by atoms with E-state index < -0.39 is 6.10 Å². The average molecular weight is 296 g/mol. The summed E-state index contributed by atoms with van der Waals surface area (Å²) in [7, 11) is 0. The summed E-state index contributed by atoms with van der Waals surface area (Å²) in [6, 6.07) is 16.1. The molecular formula is C18H16O4. The molecule has 0 spiro atoms. The van der Waals surface area contributed by atoms with E-state index in [2.05, 4.69) is 0 Å². The standard InChI is InChI=1S/C18H16O4/c19-11-14(20)9-13-7-4-8-15-16(21)10-17(22-18(13)15)12-5-2-1-3-6-12/h1-8,10,14,19-20H,9,11H2. The van der Waals surface area contributed by atoms with Crippen LogP contribution in [0.2, 0.25) is 0 Å². The summed E-state index contributed by atoms with van der Waals surface area (Å²) in [5.41, 5.74) is 1.86. The summed E-state index contributed by atoms with van der Waals surface area (Å²) in [5, 5.41) is 19.1. The second-order valence-corrected chi connectivity index (χ2v) is 5.18. The van der Waals surface area contributed by atoms with Crippen LogP contribution in [0.4, 0.5) is 0 Å². The van der Waals surface area contributed by atoms with Crippen LogP contribution in [0.15, 0.2) is 63.8 Å². The van der Waals surface area contributed by atoms with Crippen molar-refractivity contribution < 1.29 is 14.6 Å². The Balaban J connectivity index is 2.19. The van der Waals surface area contributed by atoms with E-state index in [1.807, 2.05) is 30.3 Å². The van der Waals surface area contributed by atoms with Gasteiger partial charge in [-0.3, -0.25) is 4.79 Å². The highest BCUT2D eigenvalue weighted by Crippen LogP contribution is 2.24. The summed E-state index contributed by atoms with van der Waals surface area (Å²) in [4.78, 5) is 12.3. The van der Waals surface area contributed by atoms with Gasteiger partial charge >= 0.3 is 0 Å². The van der Waals surface area contributed by atoms with Gasteiger partial charge in [-0.05, 0) is 11.6 Å². The Bertz CT molecular complexity index is 837. The molecule has 1 unspecified atom stereocenters. The molecule has 4 nitrogen and oxygen atoms in total. The van der Waals surface area contributed by atoms with Crippen LogP contribution in [0.25, 0.3) is 22.3 Å². The predicted molar refractivity (Wildman–Crippen MR) is 84.7 cm³/mol. The van der Waals surface area contributed by atoms with Gasteiger partial charge in [0, 0.05) is 18.1 Å². The van der Waals surface area contributed by atoms with Crippen LogP contribution < -0.4 is 5.43 Å². The van der Waals surface area contributed by atoms with Crippen LogP contribution in [0.5, 0.6) is 0 Å². The molecule has 0 amide bonds. The van der Waals surface area contributed by atoms with Crippen molar-refractivity contribution in [3.63, 3.8) is 0 Å². The minimum absolute atomic E-state index is 0.125. The molecule has 22 heavy (non-hydrogen) atoms. The van der Waals surface area contributed by atoms with Gasteiger partial charge in [-0.25, -0.2) is 0 Å². The highest BCUT2D eigenvalue weighted by atomic mass is 16.3. The SMILES string of the molecule is O=c1cc(-c2ccccc2)oc2c(CC(O)CO)cccc12. The summed E-state index contributed by atoms with van der Waals surface area (Å²) in [6.45, 7) is -0.334. The lowest BCUT2D eigenvalue weighted by Crippen LogP contribution is -2.15. The van der Waals surface area contributed by atoms with Crippen LogP contribution >= 0.6 is 0 Å². The normalized spacial score (nSPS) is 12.5. The van der Waals surface area contributed by atoms with Crippen molar-refractivity contribution >= 4 is 11.0 Å². The fourth-order valence-electron chi connectivity index (χ4n) is 2.46. The van der Waals surface area contributed by atoms with E-state index in [-0.39, 0.29) is 18.5 Å². The quantitative estimate of drug-likeness (QED) is 0.775. The van der Waals surface area contributed by atoms with Crippen molar-refractivity contribution in [3.8, 4) is 11.3 Å². The van der Waals surface area contributed by atoms with Gasteiger partial charge in [-0.1, -0.05) is 42.5 Å². The van der Waals surface area contributed by atoms with Crippen molar-refractivity contribution in [1.29, 1.82) is 0 Å². The molecule has 0 fully saturated rings. The predicted octanol–water partition coefficient (Wildman–Crippen LogP) is 2.36. The van der Waals surface area contributed by atoms with E-state index in [1.54, 1.807) is 18.2 Å². The second-order valence-electron chi connectivity index (χ2n) is 5.18. The molecule has 3 rings (SSSR count). The molecule has 0 radical (unpaired) electrons. The Morgan fingerprint density at radius 2 is 1.82 bits per heavy atom. The monoisotopic (exact) mass is 296 g/mol. The lowest BCUT2D eigenvalue weighted by atomic mass is 10.0. The first-order valence-electron chi connectivity index (χ1n) is 7.09. The van der Waals surface area contributed by atoms with E-state index >= 15 is 0 Å². The Kier molecular flexibility index (Phi) is 4.04. The maximum atomic E-state index is 12.3. The van der Waals surface area contributed by atoms with Gasteiger partial charge in [-0.15, -0.1) is 0 Å². The number of para-hydroxylation sites is 1. The van der Waals surface area contributed by atoms with Crippen molar-refractivity contribution in [1.82, 2.24) is 0 Å². The van der Waals surface area contributed by atoms with E-state index in [0.717, 1.165) is 5.56 Å². The largest absolute Gasteiger partial charge is 0.456 e. The van der Waals surface area contributed by atoms with Crippen molar-refractivity contribution in [3.05, 3.63) is 70.4 Å². The minimum atomic E-state index is -0.878. The first kappa shape index (κ1) is 14.5. The molecule has 2 N–H and O–H groups in total. The van der Waals surface area contributed by atoms with Crippen LogP contribution in [-0.2, 0) is 6.42 Å². The second kappa shape index (κ2) is 6.13. The zero-order chi connectivity index (χ0) is 15.5. The Labute approximate surface area is 127 Å². The maximum Gasteiger partial charge on any atom is 0.193 e. The van der Waals surface area contributed by atoms with Crippen molar-refractivity contribution in [2.45, 2.75) is 12.5 Å². The smallest absolute Gasteiger partial charge is 0.193 e. The first-order valence-corrected chi connectivity index (χ1v) is 7.09. The molecule has 2 aromatic carbocycles. The summed E-state index contributed by atoms with van der Waals surface area (Å²) >= 11 is 0. The van der Waals surface area contributed by atoms with Crippen LogP contribution in [0.1, 0.15) is 5.56 Å². The van der Waals surface area contributed by atoms with Gasteiger partial charge in [0.1, 0.15) is 11.3 Å². The number of hydrogen-bond acceptors (Lipinski definition) is 4. The zero-order valence-electron chi connectivity index (χ0n) is 11.9. The van der Waals surface area contributed by atoms with Crippen LogP contribution in [-0.4, -0.2) is 22.9 Å². The highest BCUT2D eigenvalue weighted by molar-refractivity contribution is 5.81. The number of aliphatic hydroxyl groups excluding tert-OH is 2. The molecule has 0 bridgehead atoms. The molecule has 0 aliphatic heterocycles. The number of rotatable bonds is 4. The van der Waals surface area contributed by atoms with Gasteiger partial charge in [0.05, 0.1) is 18.1 Å². The van der Waals surface area contributed by atoms with Crippen LogP contribution in [0.3, 0.4) is 0 Å². The highest BCUT2D eigenvalue weighted by Gasteiger charge is 2.13. The Morgan fingerprint density at radius 3 is 2.55 bits per heavy atom. The molecule has 1 aromatic heterocycles. The molecule has 4 heteroatoms. The third-order valence-electron chi connectivity index (χ3n) is 3.56. The van der Waals surface area contributed by atoms with Crippen LogP contribution in [0, 0.1) is 0 Å². The van der Waals surface area contributed by atoms with Crippen molar-refractivity contribution in [2.75, 3.05) is 6.61 Å². The Morgan fingerprint density at radius 1 is 1.05 bits per heavy atom. The molecule has 3 aromatic rings. The summed E-state index contributed by atoms with van der Waals surface area (Å²) in [6.07, 6.45) is -0.647. The first-order chi connectivity index (χ1) is 10.7. The molecule has 0 aliphatic carbocycles. The molecule has 0 saturated carbocycles. The maximum absolute atomic E-state index is 12.3. The number of benzene rings is 2. The fraction of sp³-hybridized carbons (Fsp3) is 0.167. The molecule has 1 atom stereocenters. The van der Waals surface area contributed by atoms with Gasteiger partial charge in [0.15, 0.2) is 5.43 Å². The number of aliphatic hydroxyl groups is 2. The summed E-state index contributed by atoms with van der Waals surface area (Å²) in [5.74, 6) is 0.490. The van der Waals surface area contributed by atoms with E-state index in [0.29, 0.717) is 22.3 Å². The lowest BCUT2D eigenvalue weighted by Gasteiger charge is -2.10. The van der Waals surface area contributed by atoms with Gasteiger partial charge in [-0.2, -0.15) is 0 Å². The molecule has 112 valence electrons. The minimum Gasteiger partial charge on any atom is -0.456 e. The molecule has 0 aliphatic rings. The summed E-state index contributed by atoms with van der Waals surface area (Å²) < 4.78 is 5.91. The van der Waals surface area contributed by atoms with Gasteiger partial charge < -0.3 is 14.6 Å². The third-order valence-corrected chi connectivity index (χ3v) is 3.56. The molecular weight excluding hydrogens is 280 g/mol. The van der Waals surface area contributed by atoms with E-state index in [1.165, 1.54) is 6.07 Å². The van der Waals surface area contributed by atoms with Gasteiger partial charge in [0.2, 0.25) is 0 Å². The topological polar surface area (TPSA) is 70.7 Å². The zero-order valence-corrected chi connectivity index (χ0v) is 11.9. The van der Waals surface area contributed by atoms with Gasteiger partial charge in [0.25, 0.3) is 0 Å². The molecule has 0 saturated heterocycles. The average Bonchev–Trinajstić information content (AvgIpc) is 2.56. The van der Waals surface area contributed by atoms with E-state index in [4.69, 9.17) is 9.52 Å². The number of hydrogen-bond donors (Lipinski definition) is 2. The third kappa shape index (κ3) is 2.79. The van der Waals surface area contributed by atoms with E-state index in [9.17, 15) is 9.90 Å². The molecule has 1 heterocycles. The number of fused-ring (bicyclic) bond motifs is 1. The lowest BCUT2D eigenvalue weighted by molar-refractivity contribution is 0.0956. The fourth-order valence-corrected chi connectivity index (χ4v) is 2.46. The Hall–Kier alpha value is -2.43. The van der Waals surface area contributed by atoms with Crippen molar-refractivity contribution in [2.24, 2.45) is 0 Å².